The molecule has 270 valence electrons. The molecule has 3 aliphatic rings. The van der Waals surface area contributed by atoms with E-state index < -0.39 is 12.2 Å². The number of amides is 1. The summed E-state index contributed by atoms with van der Waals surface area (Å²) in [5.41, 5.74) is 3.32. The van der Waals surface area contributed by atoms with Crippen molar-refractivity contribution >= 4 is 6.09 Å². The minimum atomic E-state index is -0.855. The summed E-state index contributed by atoms with van der Waals surface area (Å²) in [5.74, 6) is 1.04. The molecule has 0 bridgehead atoms. The lowest BCUT2D eigenvalue weighted by atomic mass is 9.91. The zero-order chi connectivity index (χ0) is 35.6. The molecule has 3 aliphatic heterocycles. The standard InChI is InChI=1S/C24H29NO3.C17H25NO4/c1-4-11-22-23(27-16-20-12-7-5-8-13-20)18(2)19(3)25(22)24(26)28-17-21-14-9-6-10-15-21;1-22-13-7-5-11(6-8-13)9-12-3-2-4-14-16(20)17(21)15(10-19)18(12)14/h4-10,12-15,18-19,22-23H,1,11,16-17H2,2-3H3;5-8,12,14-17,19-21H,2-4,9-10H2,1H3/t18-,19-,22+,23+;12-,14+,15-,16-,17-/m00/s1. The Balaban J connectivity index is 0.000000200. The van der Waals surface area contributed by atoms with Crippen molar-refractivity contribution in [3.8, 4) is 5.75 Å². The summed E-state index contributed by atoms with van der Waals surface area (Å²) >= 11 is 0. The van der Waals surface area contributed by atoms with Crippen molar-refractivity contribution in [2.45, 2.75) is 108 Å². The van der Waals surface area contributed by atoms with Crippen LogP contribution in [0, 0.1) is 5.92 Å². The number of piperidine rings is 1. The van der Waals surface area contributed by atoms with Crippen molar-refractivity contribution in [3.05, 3.63) is 114 Å². The Morgan fingerprint density at radius 3 is 2.10 bits per heavy atom. The van der Waals surface area contributed by atoms with Crippen LogP contribution in [-0.2, 0) is 29.1 Å². The van der Waals surface area contributed by atoms with Crippen molar-refractivity contribution in [2.24, 2.45) is 5.92 Å². The maximum atomic E-state index is 12.9. The van der Waals surface area contributed by atoms with Gasteiger partial charge >= 0.3 is 6.09 Å². The first kappa shape index (κ1) is 37.5. The van der Waals surface area contributed by atoms with Crippen LogP contribution in [0.1, 0.15) is 56.2 Å². The summed E-state index contributed by atoms with van der Waals surface area (Å²) in [7, 11) is 1.65. The number of aliphatic hydroxyl groups is 3. The summed E-state index contributed by atoms with van der Waals surface area (Å²) in [6.45, 7) is 8.77. The number of ether oxygens (including phenoxy) is 3. The zero-order valence-electron chi connectivity index (χ0n) is 29.6. The fraction of sp³-hybridized carbons (Fsp3) is 0.488. The molecule has 9 nitrogen and oxygen atoms in total. The molecule has 0 saturated carbocycles. The lowest BCUT2D eigenvalue weighted by Gasteiger charge is -2.41. The predicted octanol–water partition coefficient (Wildman–Crippen LogP) is 5.75. The van der Waals surface area contributed by atoms with Crippen LogP contribution in [-0.4, -0.2) is 93.5 Å². The minimum Gasteiger partial charge on any atom is -0.497 e. The zero-order valence-corrected chi connectivity index (χ0v) is 29.6. The average molecular weight is 687 g/mol. The van der Waals surface area contributed by atoms with Crippen molar-refractivity contribution in [3.63, 3.8) is 0 Å². The first-order chi connectivity index (χ1) is 24.3. The van der Waals surface area contributed by atoms with Gasteiger partial charge in [-0.3, -0.25) is 9.80 Å². The third-order valence-electron chi connectivity index (χ3n) is 10.7. The van der Waals surface area contributed by atoms with Crippen LogP contribution in [0.25, 0.3) is 0 Å². The van der Waals surface area contributed by atoms with Crippen molar-refractivity contribution < 1.29 is 34.3 Å². The summed E-state index contributed by atoms with van der Waals surface area (Å²) in [5, 5.41) is 30.0. The van der Waals surface area contributed by atoms with Crippen LogP contribution in [0.3, 0.4) is 0 Å². The molecule has 3 aromatic carbocycles. The first-order valence-corrected chi connectivity index (χ1v) is 17.9. The number of methoxy groups -OCH3 is 1. The number of aliphatic hydroxyl groups excluding tert-OH is 3. The number of rotatable bonds is 11. The van der Waals surface area contributed by atoms with E-state index >= 15 is 0 Å². The topological polar surface area (TPSA) is 112 Å². The first-order valence-electron chi connectivity index (χ1n) is 17.9. The Morgan fingerprint density at radius 2 is 1.50 bits per heavy atom. The van der Waals surface area contributed by atoms with Crippen LogP contribution >= 0.6 is 0 Å². The number of hydrogen-bond donors (Lipinski definition) is 3. The Bertz CT molecular complexity index is 1460. The van der Waals surface area contributed by atoms with Crippen molar-refractivity contribution in [1.82, 2.24) is 9.80 Å². The number of likely N-dealkylation sites (tertiary alicyclic amines) is 1. The van der Waals surface area contributed by atoms with Gasteiger partial charge in [-0.15, -0.1) is 6.58 Å². The predicted molar refractivity (Wildman–Crippen MR) is 194 cm³/mol. The number of carbonyl (C=O) groups excluding carboxylic acids is 1. The second-order valence-electron chi connectivity index (χ2n) is 13.8. The fourth-order valence-electron chi connectivity index (χ4n) is 7.95. The van der Waals surface area contributed by atoms with Gasteiger partial charge < -0.3 is 29.5 Å². The minimum absolute atomic E-state index is 0.0361. The highest BCUT2D eigenvalue weighted by Gasteiger charge is 2.51. The van der Waals surface area contributed by atoms with E-state index in [2.05, 4.69) is 49.6 Å². The van der Waals surface area contributed by atoms with E-state index in [4.69, 9.17) is 14.2 Å². The number of hydrogen-bond acceptors (Lipinski definition) is 8. The fourth-order valence-corrected chi connectivity index (χ4v) is 7.95. The van der Waals surface area contributed by atoms with E-state index in [-0.39, 0.29) is 61.5 Å². The maximum Gasteiger partial charge on any atom is 0.410 e. The molecular weight excluding hydrogens is 632 g/mol. The third-order valence-corrected chi connectivity index (χ3v) is 10.7. The molecule has 3 heterocycles. The molecule has 3 saturated heterocycles. The normalized spacial score (nSPS) is 29.1. The molecule has 1 amide bonds. The molecule has 0 unspecified atom stereocenters. The van der Waals surface area contributed by atoms with E-state index in [9.17, 15) is 20.1 Å². The van der Waals surface area contributed by atoms with E-state index in [0.29, 0.717) is 13.0 Å². The van der Waals surface area contributed by atoms with Gasteiger partial charge in [0, 0.05) is 24.0 Å². The summed E-state index contributed by atoms with van der Waals surface area (Å²) < 4.78 is 17.1. The molecule has 3 aromatic rings. The number of nitrogens with zero attached hydrogens (tertiary/aromatic N) is 2. The van der Waals surface area contributed by atoms with Gasteiger partial charge in [-0.25, -0.2) is 4.79 Å². The van der Waals surface area contributed by atoms with Gasteiger partial charge in [-0.1, -0.05) is 92.2 Å². The monoisotopic (exact) mass is 686 g/mol. The van der Waals surface area contributed by atoms with Crippen LogP contribution in [0.15, 0.2) is 97.6 Å². The van der Waals surface area contributed by atoms with Crippen molar-refractivity contribution in [1.29, 1.82) is 0 Å². The lowest BCUT2D eigenvalue weighted by Crippen LogP contribution is -2.51. The van der Waals surface area contributed by atoms with Gasteiger partial charge in [-0.05, 0) is 61.4 Å². The molecule has 3 N–H and O–H groups in total. The highest BCUT2D eigenvalue weighted by Crippen LogP contribution is 2.37. The highest BCUT2D eigenvalue weighted by atomic mass is 16.6. The Morgan fingerprint density at radius 1 is 0.860 bits per heavy atom. The Hall–Kier alpha value is -3.73. The van der Waals surface area contributed by atoms with Gasteiger partial charge in [0.25, 0.3) is 0 Å². The van der Waals surface area contributed by atoms with Gasteiger partial charge in [0.15, 0.2) is 0 Å². The van der Waals surface area contributed by atoms with Crippen LogP contribution in [0.4, 0.5) is 4.79 Å². The lowest BCUT2D eigenvalue weighted by molar-refractivity contribution is -0.00167. The van der Waals surface area contributed by atoms with Gasteiger partial charge in [0.1, 0.15) is 12.4 Å². The average Bonchev–Trinajstić information content (AvgIpc) is 3.54. The van der Waals surface area contributed by atoms with E-state index in [1.54, 1.807) is 7.11 Å². The van der Waals surface area contributed by atoms with Crippen molar-refractivity contribution in [2.75, 3.05) is 13.7 Å². The summed E-state index contributed by atoms with van der Waals surface area (Å²) in [4.78, 5) is 16.9. The number of benzene rings is 3. The quantitative estimate of drug-likeness (QED) is 0.219. The Labute approximate surface area is 297 Å². The Kier molecular flexibility index (Phi) is 13.5. The SMILES string of the molecule is C=CC[C@@H]1[C@H](OCc2ccccc2)[C@@H](C)[C@H](C)N1C(=O)OCc1ccccc1.COc1ccc(C[C@@H]2CCC[C@@H]3[C@H](O)[C@@H](O)[C@H](CO)N23)cc1. The summed E-state index contributed by atoms with van der Waals surface area (Å²) in [6.07, 6.45) is 4.38. The second kappa shape index (κ2) is 18.0. The van der Waals surface area contributed by atoms with E-state index in [1.165, 1.54) is 5.56 Å². The molecule has 50 heavy (non-hydrogen) atoms. The van der Waals surface area contributed by atoms with Gasteiger partial charge in [0.2, 0.25) is 0 Å². The molecule has 9 atom stereocenters. The smallest absolute Gasteiger partial charge is 0.410 e. The van der Waals surface area contributed by atoms with Crippen LogP contribution in [0.5, 0.6) is 5.75 Å². The molecular formula is C41H54N2O7. The molecule has 9 heteroatoms. The van der Waals surface area contributed by atoms with Crippen LogP contribution in [0.2, 0.25) is 0 Å². The molecule has 0 aromatic heterocycles. The largest absolute Gasteiger partial charge is 0.497 e. The van der Waals surface area contributed by atoms with E-state index in [1.807, 2.05) is 71.6 Å². The summed E-state index contributed by atoms with van der Waals surface area (Å²) in [6, 6.07) is 27.7. The molecule has 0 aliphatic carbocycles. The molecule has 3 fully saturated rings. The van der Waals surface area contributed by atoms with E-state index in [0.717, 1.165) is 42.6 Å². The molecule has 6 rings (SSSR count). The molecule has 0 radical (unpaired) electrons. The number of fused-ring (bicyclic) bond motifs is 1. The van der Waals surface area contributed by atoms with Gasteiger partial charge in [0.05, 0.1) is 50.7 Å². The second-order valence-corrected chi connectivity index (χ2v) is 13.8. The highest BCUT2D eigenvalue weighted by molar-refractivity contribution is 5.69. The number of carbonyl (C=O) groups is 1. The van der Waals surface area contributed by atoms with Crippen LogP contribution < -0.4 is 4.74 Å². The third kappa shape index (κ3) is 8.76. The molecule has 0 spiro atoms. The van der Waals surface area contributed by atoms with Gasteiger partial charge in [-0.2, -0.15) is 0 Å². The maximum absolute atomic E-state index is 12.9.